The fourth-order valence-corrected chi connectivity index (χ4v) is 3.48. The number of likely N-dealkylation sites (tertiary alicyclic amines) is 1. The first-order valence-corrected chi connectivity index (χ1v) is 8.91. The van der Waals surface area contributed by atoms with Gasteiger partial charge in [0.15, 0.2) is 0 Å². The molecule has 1 atom stereocenters. The largest absolute Gasteiger partial charge is 0.353 e. The molecule has 23 heavy (non-hydrogen) atoms. The zero-order chi connectivity index (χ0) is 16.2. The van der Waals surface area contributed by atoms with E-state index in [2.05, 4.69) is 53.6 Å². The molecule has 1 amide bonds. The van der Waals surface area contributed by atoms with Gasteiger partial charge in [-0.2, -0.15) is 0 Å². The lowest BCUT2D eigenvalue weighted by atomic mass is 9.88. The van der Waals surface area contributed by atoms with Gasteiger partial charge in [0.05, 0.1) is 0 Å². The molecule has 3 rings (SSSR count). The van der Waals surface area contributed by atoms with Crippen LogP contribution in [0.25, 0.3) is 0 Å². The van der Waals surface area contributed by atoms with Crippen molar-refractivity contribution in [2.75, 3.05) is 26.2 Å². The molecule has 2 N–H and O–H groups in total. The maximum absolute atomic E-state index is 12.3. The SMILES string of the molecule is Cc1ccccc1CN1CCC(NC(=O)C(C)C2CNC2)CC1. The van der Waals surface area contributed by atoms with Crippen molar-refractivity contribution in [1.82, 2.24) is 15.5 Å². The third-order valence-corrected chi connectivity index (χ3v) is 5.52. The van der Waals surface area contributed by atoms with Gasteiger partial charge in [-0.05, 0) is 49.9 Å². The summed E-state index contributed by atoms with van der Waals surface area (Å²) < 4.78 is 0. The van der Waals surface area contributed by atoms with Crippen LogP contribution in [0.2, 0.25) is 0 Å². The summed E-state index contributed by atoms with van der Waals surface area (Å²) in [6.45, 7) is 9.38. The number of carbonyl (C=O) groups is 1. The lowest BCUT2D eigenvalue weighted by Crippen LogP contribution is -2.52. The zero-order valence-corrected chi connectivity index (χ0v) is 14.3. The van der Waals surface area contributed by atoms with Gasteiger partial charge in [-0.15, -0.1) is 0 Å². The summed E-state index contributed by atoms with van der Waals surface area (Å²) in [6, 6.07) is 8.97. The molecule has 2 saturated heterocycles. The molecule has 0 aromatic heterocycles. The Morgan fingerprint density at radius 3 is 2.61 bits per heavy atom. The summed E-state index contributed by atoms with van der Waals surface area (Å²) in [5, 5.41) is 6.52. The predicted octanol–water partition coefficient (Wildman–Crippen LogP) is 1.93. The average Bonchev–Trinajstić information content (AvgIpc) is 2.49. The normalized spacial score (nSPS) is 21.7. The molecule has 0 spiro atoms. The molecule has 0 saturated carbocycles. The van der Waals surface area contributed by atoms with Crippen LogP contribution in [0.3, 0.4) is 0 Å². The summed E-state index contributed by atoms with van der Waals surface area (Å²) in [7, 11) is 0. The van der Waals surface area contributed by atoms with Gasteiger partial charge in [-0.3, -0.25) is 9.69 Å². The van der Waals surface area contributed by atoms with Gasteiger partial charge >= 0.3 is 0 Å². The molecule has 1 aromatic carbocycles. The molecule has 2 fully saturated rings. The van der Waals surface area contributed by atoms with Crippen molar-refractivity contribution < 1.29 is 4.79 Å². The van der Waals surface area contributed by atoms with Gasteiger partial charge in [0.2, 0.25) is 5.91 Å². The molecule has 1 aromatic rings. The predicted molar refractivity (Wildman–Crippen MR) is 93.1 cm³/mol. The molecule has 4 heteroatoms. The number of benzene rings is 1. The zero-order valence-electron chi connectivity index (χ0n) is 14.3. The number of hydrogen-bond donors (Lipinski definition) is 2. The van der Waals surface area contributed by atoms with Gasteiger partial charge in [0.25, 0.3) is 0 Å². The standard InChI is InChI=1S/C19H29N3O/c1-14-5-3-4-6-16(14)13-22-9-7-18(8-10-22)21-19(23)15(2)17-11-20-12-17/h3-6,15,17-18,20H,7-13H2,1-2H3,(H,21,23). The maximum atomic E-state index is 12.3. The van der Waals surface area contributed by atoms with Crippen molar-refractivity contribution in [3.63, 3.8) is 0 Å². The van der Waals surface area contributed by atoms with Crippen molar-refractivity contribution in [2.45, 2.75) is 39.3 Å². The van der Waals surface area contributed by atoms with Crippen LogP contribution in [0.4, 0.5) is 0 Å². The number of nitrogens with one attached hydrogen (secondary N) is 2. The third-order valence-electron chi connectivity index (χ3n) is 5.52. The van der Waals surface area contributed by atoms with Crippen LogP contribution in [-0.4, -0.2) is 43.0 Å². The Hall–Kier alpha value is -1.39. The Labute approximate surface area is 139 Å². The first kappa shape index (κ1) is 16.5. The van der Waals surface area contributed by atoms with E-state index in [9.17, 15) is 4.79 Å². The van der Waals surface area contributed by atoms with Gasteiger partial charge in [-0.25, -0.2) is 0 Å². The summed E-state index contributed by atoms with van der Waals surface area (Å²) in [4.78, 5) is 14.8. The molecule has 2 aliphatic heterocycles. The summed E-state index contributed by atoms with van der Waals surface area (Å²) in [5.74, 6) is 0.909. The monoisotopic (exact) mass is 315 g/mol. The van der Waals surface area contributed by atoms with Crippen LogP contribution in [0, 0.1) is 18.8 Å². The van der Waals surface area contributed by atoms with Crippen molar-refractivity contribution >= 4 is 5.91 Å². The second kappa shape index (κ2) is 7.45. The highest BCUT2D eigenvalue weighted by atomic mass is 16.1. The van der Waals surface area contributed by atoms with Crippen LogP contribution < -0.4 is 10.6 Å². The van der Waals surface area contributed by atoms with E-state index in [4.69, 9.17) is 0 Å². The van der Waals surface area contributed by atoms with Gasteiger partial charge < -0.3 is 10.6 Å². The van der Waals surface area contributed by atoms with Gasteiger partial charge in [0.1, 0.15) is 0 Å². The number of aryl methyl sites for hydroxylation is 1. The van der Waals surface area contributed by atoms with Crippen LogP contribution in [0.5, 0.6) is 0 Å². The number of amides is 1. The molecule has 0 bridgehead atoms. The lowest BCUT2D eigenvalue weighted by molar-refractivity contribution is -0.127. The lowest BCUT2D eigenvalue weighted by Gasteiger charge is -2.35. The van der Waals surface area contributed by atoms with Crippen LogP contribution >= 0.6 is 0 Å². The molecule has 2 heterocycles. The van der Waals surface area contributed by atoms with Crippen molar-refractivity contribution in [3.8, 4) is 0 Å². The van der Waals surface area contributed by atoms with E-state index in [1.54, 1.807) is 0 Å². The van der Waals surface area contributed by atoms with Crippen LogP contribution in [0.15, 0.2) is 24.3 Å². The minimum absolute atomic E-state index is 0.140. The van der Waals surface area contributed by atoms with E-state index in [0.717, 1.165) is 45.6 Å². The second-order valence-corrected chi connectivity index (χ2v) is 7.19. The number of hydrogen-bond acceptors (Lipinski definition) is 3. The third kappa shape index (κ3) is 4.12. The minimum atomic E-state index is 0.140. The fraction of sp³-hybridized carbons (Fsp3) is 0.632. The smallest absolute Gasteiger partial charge is 0.223 e. The maximum Gasteiger partial charge on any atom is 0.223 e. The van der Waals surface area contributed by atoms with E-state index in [1.165, 1.54) is 11.1 Å². The molecule has 126 valence electrons. The Kier molecular flexibility index (Phi) is 5.34. The van der Waals surface area contributed by atoms with Crippen LogP contribution in [-0.2, 0) is 11.3 Å². The quantitative estimate of drug-likeness (QED) is 0.873. The van der Waals surface area contributed by atoms with E-state index in [1.807, 2.05) is 0 Å². The Bertz CT molecular complexity index is 533. The fourth-order valence-electron chi connectivity index (χ4n) is 3.48. The van der Waals surface area contributed by atoms with Crippen molar-refractivity contribution in [1.29, 1.82) is 0 Å². The average molecular weight is 315 g/mol. The Morgan fingerprint density at radius 1 is 1.30 bits per heavy atom. The minimum Gasteiger partial charge on any atom is -0.353 e. The van der Waals surface area contributed by atoms with Gasteiger partial charge in [0, 0.05) is 31.6 Å². The summed E-state index contributed by atoms with van der Waals surface area (Å²) in [5.41, 5.74) is 2.78. The molecule has 2 aliphatic rings. The molecule has 1 unspecified atom stereocenters. The first-order valence-electron chi connectivity index (χ1n) is 8.91. The van der Waals surface area contributed by atoms with E-state index < -0.39 is 0 Å². The van der Waals surface area contributed by atoms with Crippen molar-refractivity contribution in [2.24, 2.45) is 11.8 Å². The van der Waals surface area contributed by atoms with Gasteiger partial charge in [-0.1, -0.05) is 31.2 Å². The number of rotatable bonds is 5. The number of carbonyl (C=O) groups excluding carboxylic acids is 1. The van der Waals surface area contributed by atoms with E-state index >= 15 is 0 Å². The van der Waals surface area contributed by atoms with Crippen molar-refractivity contribution in [3.05, 3.63) is 35.4 Å². The molecule has 0 aliphatic carbocycles. The second-order valence-electron chi connectivity index (χ2n) is 7.19. The summed E-state index contributed by atoms with van der Waals surface area (Å²) in [6.07, 6.45) is 2.13. The van der Waals surface area contributed by atoms with E-state index in [-0.39, 0.29) is 11.8 Å². The first-order chi connectivity index (χ1) is 11.1. The Morgan fingerprint density at radius 2 is 2.00 bits per heavy atom. The molecule has 0 radical (unpaired) electrons. The highest BCUT2D eigenvalue weighted by Crippen LogP contribution is 2.19. The molecule has 4 nitrogen and oxygen atoms in total. The topological polar surface area (TPSA) is 44.4 Å². The molecular formula is C19H29N3O. The molecular weight excluding hydrogens is 286 g/mol. The highest BCUT2D eigenvalue weighted by Gasteiger charge is 2.30. The number of piperidine rings is 1. The van der Waals surface area contributed by atoms with E-state index in [0.29, 0.717) is 12.0 Å². The van der Waals surface area contributed by atoms with Crippen LogP contribution in [0.1, 0.15) is 30.9 Å². The Balaban J connectivity index is 1.43. The summed E-state index contributed by atoms with van der Waals surface area (Å²) >= 11 is 0. The number of nitrogens with zero attached hydrogens (tertiary/aromatic N) is 1. The highest BCUT2D eigenvalue weighted by molar-refractivity contribution is 5.79.